The van der Waals surface area contributed by atoms with Crippen LogP contribution in [0.25, 0.3) is 0 Å². The Morgan fingerprint density at radius 1 is 1.27 bits per heavy atom. The molecular weight excluding hydrogens is 268 g/mol. The van der Waals surface area contributed by atoms with E-state index < -0.39 is 0 Å². The van der Waals surface area contributed by atoms with Crippen molar-refractivity contribution in [2.75, 3.05) is 13.7 Å². The molecule has 2 aliphatic carbocycles. The quantitative estimate of drug-likeness (QED) is 0.792. The number of ether oxygens (including phenoxy) is 1. The molecule has 2 unspecified atom stereocenters. The molecule has 0 spiro atoms. The Morgan fingerprint density at radius 3 is 2.73 bits per heavy atom. The summed E-state index contributed by atoms with van der Waals surface area (Å²) in [6, 6.07) is 7.04. The first-order valence-corrected chi connectivity index (χ1v) is 8.59. The first-order chi connectivity index (χ1) is 10.7. The van der Waals surface area contributed by atoms with Crippen molar-refractivity contribution in [2.45, 2.75) is 56.8 Å². The Balaban J connectivity index is 1.98. The molecule has 2 aliphatic rings. The van der Waals surface area contributed by atoms with Crippen LogP contribution in [-0.4, -0.2) is 46.1 Å². The first kappa shape index (κ1) is 16.0. The number of fused-ring (bicyclic) bond motifs is 3. The average molecular weight is 293 g/mol. The van der Waals surface area contributed by atoms with Crippen molar-refractivity contribution in [2.24, 2.45) is 5.92 Å². The molecule has 1 fully saturated rings. The maximum absolute atomic E-state index is 6.05. The van der Waals surface area contributed by atoms with Crippen LogP contribution >= 0.6 is 0 Å². The zero-order valence-corrected chi connectivity index (χ0v) is 13.8. The predicted molar refractivity (Wildman–Crippen MR) is 92.9 cm³/mol. The molecule has 0 heterocycles. The monoisotopic (exact) mass is 293 g/mol. The van der Waals surface area contributed by atoms with E-state index in [1.165, 1.54) is 36.8 Å². The summed E-state index contributed by atoms with van der Waals surface area (Å²) >= 11 is 0. The van der Waals surface area contributed by atoms with Crippen LogP contribution in [-0.2, 0) is 6.42 Å². The second-order valence-electron chi connectivity index (χ2n) is 6.71. The van der Waals surface area contributed by atoms with E-state index >= 15 is 0 Å². The normalized spacial score (nSPS) is 27.5. The second kappa shape index (κ2) is 6.70. The van der Waals surface area contributed by atoms with Gasteiger partial charge >= 0.3 is 0 Å². The Bertz CT molecular complexity index is 520. The van der Waals surface area contributed by atoms with Crippen molar-refractivity contribution in [1.29, 1.82) is 0 Å². The lowest BCUT2D eigenvalue weighted by atomic mass is 9.64. The van der Waals surface area contributed by atoms with Crippen LogP contribution in [0, 0.1) is 5.92 Å². The Hall–Kier alpha value is -0.890. The summed E-state index contributed by atoms with van der Waals surface area (Å²) in [5.41, 5.74) is 2.95. The minimum Gasteiger partial charge on any atom is -0.497 e. The van der Waals surface area contributed by atoms with Crippen LogP contribution in [0.5, 0.6) is 5.75 Å². The molecule has 22 heavy (non-hydrogen) atoms. The third-order valence-corrected chi connectivity index (χ3v) is 5.67. The predicted octanol–water partition coefficient (Wildman–Crippen LogP) is 2.84. The SMILES string of the molecule is [B]C([B])N(CC)[C@H]1Cc2ccc(OC)cc2C2CCCCC21. The topological polar surface area (TPSA) is 12.5 Å². The van der Waals surface area contributed by atoms with Crippen LogP contribution in [0.15, 0.2) is 18.2 Å². The molecule has 2 nitrogen and oxygen atoms in total. The van der Waals surface area contributed by atoms with Crippen LogP contribution in [0.2, 0.25) is 0 Å². The lowest BCUT2D eigenvalue weighted by Gasteiger charge is -2.48. The number of nitrogens with zero attached hydrogens (tertiary/aromatic N) is 1. The van der Waals surface area contributed by atoms with E-state index in [1.54, 1.807) is 7.11 Å². The molecule has 4 heteroatoms. The van der Waals surface area contributed by atoms with Gasteiger partial charge in [-0.25, -0.2) is 0 Å². The van der Waals surface area contributed by atoms with E-state index in [1.807, 2.05) is 0 Å². The van der Waals surface area contributed by atoms with Crippen molar-refractivity contribution in [3.05, 3.63) is 29.3 Å². The van der Waals surface area contributed by atoms with Gasteiger partial charge in [-0.1, -0.05) is 31.7 Å². The van der Waals surface area contributed by atoms with Crippen LogP contribution < -0.4 is 4.74 Å². The van der Waals surface area contributed by atoms with Gasteiger partial charge in [0, 0.05) is 6.04 Å². The van der Waals surface area contributed by atoms with Crippen LogP contribution in [0.1, 0.15) is 49.7 Å². The highest BCUT2D eigenvalue weighted by Crippen LogP contribution is 2.47. The summed E-state index contributed by atoms with van der Waals surface area (Å²) in [6.45, 7) is 3.07. The number of benzene rings is 1. The highest BCUT2D eigenvalue weighted by atomic mass is 16.5. The van der Waals surface area contributed by atoms with Crippen molar-refractivity contribution in [1.82, 2.24) is 4.90 Å². The zero-order valence-electron chi connectivity index (χ0n) is 13.8. The van der Waals surface area contributed by atoms with Gasteiger partial charge in [-0.15, -0.1) is 0 Å². The molecule has 0 aromatic heterocycles. The molecular formula is C18H25B2NO. The lowest BCUT2D eigenvalue weighted by molar-refractivity contribution is 0.104. The number of methoxy groups -OCH3 is 1. The highest BCUT2D eigenvalue weighted by molar-refractivity contribution is 6.35. The fourth-order valence-corrected chi connectivity index (χ4v) is 4.64. The number of likely N-dealkylation sites (N-methyl/N-ethyl adjacent to an activating group) is 1. The van der Waals surface area contributed by atoms with Crippen LogP contribution in [0.4, 0.5) is 0 Å². The largest absolute Gasteiger partial charge is 0.497 e. The minimum atomic E-state index is -0.364. The van der Waals surface area contributed by atoms with Crippen molar-refractivity contribution in [3.63, 3.8) is 0 Å². The van der Waals surface area contributed by atoms with Gasteiger partial charge in [0.2, 0.25) is 0 Å². The molecule has 114 valence electrons. The van der Waals surface area contributed by atoms with Crippen LogP contribution in [0.3, 0.4) is 0 Å². The smallest absolute Gasteiger partial charge is 0.119 e. The summed E-state index contributed by atoms with van der Waals surface area (Å²) in [6.07, 6.45) is 6.27. The minimum absolute atomic E-state index is 0.364. The Labute approximate surface area is 137 Å². The number of hydrogen-bond acceptors (Lipinski definition) is 2. The van der Waals surface area contributed by atoms with E-state index in [9.17, 15) is 0 Å². The molecule has 0 amide bonds. The second-order valence-corrected chi connectivity index (χ2v) is 6.71. The van der Waals surface area contributed by atoms with Gasteiger partial charge in [0.1, 0.15) is 5.75 Å². The molecule has 0 aliphatic heterocycles. The molecule has 1 saturated carbocycles. The van der Waals surface area contributed by atoms with E-state index in [2.05, 4.69) is 30.0 Å². The lowest BCUT2D eigenvalue weighted by Crippen LogP contribution is -2.52. The summed E-state index contributed by atoms with van der Waals surface area (Å²) in [4.78, 5) is 2.29. The van der Waals surface area contributed by atoms with Gasteiger partial charge in [0.05, 0.1) is 22.8 Å². The summed E-state index contributed by atoms with van der Waals surface area (Å²) in [7, 11) is 13.8. The van der Waals surface area contributed by atoms with E-state index in [-0.39, 0.29) is 5.84 Å². The fourth-order valence-electron chi connectivity index (χ4n) is 4.64. The van der Waals surface area contributed by atoms with E-state index in [0.717, 1.165) is 18.7 Å². The maximum atomic E-state index is 6.05. The molecule has 3 rings (SSSR count). The Morgan fingerprint density at radius 2 is 2.05 bits per heavy atom. The molecule has 4 radical (unpaired) electrons. The molecule has 0 N–H and O–H groups in total. The fraction of sp³-hybridized carbons (Fsp3) is 0.667. The average Bonchev–Trinajstić information content (AvgIpc) is 2.55. The number of rotatable bonds is 4. The Kier molecular flexibility index (Phi) is 4.87. The molecule has 3 atom stereocenters. The maximum Gasteiger partial charge on any atom is 0.119 e. The first-order valence-electron chi connectivity index (χ1n) is 8.59. The van der Waals surface area contributed by atoms with Crippen molar-refractivity contribution in [3.8, 4) is 5.75 Å². The standard InChI is InChI=1S/C18H25B2NO/c1-3-21(18(19)20)17-10-12-8-9-13(22-2)11-16(12)14-6-4-5-7-15(14)17/h8-9,11,14-15,17-18H,3-7,10H2,1-2H3/t14?,15?,17-/m0/s1. The molecule has 0 saturated heterocycles. The third-order valence-electron chi connectivity index (χ3n) is 5.67. The molecule has 1 aromatic carbocycles. The van der Waals surface area contributed by atoms with Gasteiger partial charge in [0.25, 0.3) is 0 Å². The summed E-state index contributed by atoms with van der Waals surface area (Å²) in [5, 5.41) is 0. The van der Waals surface area contributed by atoms with Gasteiger partial charge in [-0.05, 0) is 60.9 Å². The summed E-state index contributed by atoms with van der Waals surface area (Å²) in [5.74, 6) is 1.91. The number of hydrogen-bond donors (Lipinski definition) is 0. The highest BCUT2D eigenvalue weighted by Gasteiger charge is 2.40. The zero-order chi connectivity index (χ0) is 15.7. The molecule has 1 aromatic rings. The van der Waals surface area contributed by atoms with Gasteiger partial charge in [0.15, 0.2) is 0 Å². The van der Waals surface area contributed by atoms with Gasteiger partial charge < -0.3 is 9.64 Å². The summed E-state index contributed by atoms with van der Waals surface area (Å²) < 4.78 is 5.44. The van der Waals surface area contributed by atoms with Gasteiger partial charge in [-0.3, -0.25) is 0 Å². The van der Waals surface area contributed by atoms with E-state index in [0.29, 0.717) is 17.9 Å². The molecule has 0 bridgehead atoms. The third kappa shape index (κ3) is 2.82. The van der Waals surface area contributed by atoms with Crippen molar-refractivity contribution >= 4 is 15.7 Å². The van der Waals surface area contributed by atoms with Gasteiger partial charge in [-0.2, -0.15) is 0 Å². The van der Waals surface area contributed by atoms with E-state index in [4.69, 9.17) is 20.4 Å². The van der Waals surface area contributed by atoms with Crippen molar-refractivity contribution < 1.29 is 4.74 Å².